The molecule has 1 aromatic rings. The Hall–Kier alpha value is -0.887. The molecule has 0 spiro atoms. The molecule has 3 nitrogen and oxygen atoms in total. The number of carbonyl (C=O) groups is 1. The van der Waals surface area contributed by atoms with Gasteiger partial charge in [-0.15, -0.1) is 12.1 Å². The number of hydrogen-bond donors (Lipinski definition) is 1. The number of ether oxygens (including phenoxy) is 1. The first-order valence-electron chi connectivity index (χ1n) is 4.61. The van der Waals surface area contributed by atoms with E-state index in [1.54, 1.807) is 27.9 Å². The number of carboxylic acid groups (broad SMARTS) is 1. The average molecular weight is 275 g/mol. The molecule has 0 aliphatic carbocycles. The summed E-state index contributed by atoms with van der Waals surface area (Å²) in [6.07, 6.45) is 0. The fourth-order valence-electron chi connectivity index (χ4n) is 0.508. The van der Waals surface area contributed by atoms with Crippen molar-refractivity contribution in [2.75, 3.05) is 7.11 Å². The van der Waals surface area contributed by atoms with Gasteiger partial charge in [-0.2, -0.15) is 18.2 Å². The molecule has 4 heteroatoms. The van der Waals surface area contributed by atoms with Crippen molar-refractivity contribution in [3.63, 3.8) is 0 Å². The van der Waals surface area contributed by atoms with Crippen LogP contribution in [0.15, 0.2) is 24.3 Å². The summed E-state index contributed by atoms with van der Waals surface area (Å²) < 4.78 is 4.89. The van der Waals surface area contributed by atoms with Crippen LogP contribution in [-0.2, 0) is 24.3 Å². The molecule has 0 aromatic heterocycles. The molecule has 16 heavy (non-hydrogen) atoms. The predicted octanol–water partition coefficient (Wildman–Crippen LogP) is 2.61. The van der Waals surface area contributed by atoms with Crippen molar-refractivity contribution in [1.29, 1.82) is 0 Å². The summed E-state index contributed by atoms with van der Waals surface area (Å²) in [5.41, 5.74) is -0.583. The average Bonchev–Trinajstić information content (AvgIpc) is 2.18. The van der Waals surface area contributed by atoms with Crippen LogP contribution in [0.2, 0.25) is 0 Å². The Morgan fingerprint density at radius 1 is 1.31 bits per heavy atom. The molecule has 0 saturated heterocycles. The molecule has 1 N–H and O–H groups in total. The van der Waals surface area contributed by atoms with Gasteiger partial charge < -0.3 is 9.84 Å². The number of methoxy groups -OCH3 is 1. The van der Waals surface area contributed by atoms with Gasteiger partial charge in [0.25, 0.3) is 0 Å². The Morgan fingerprint density at radius 3 is 1.88 bits per heavy atom. The second-order valence-corrected chi connectivity index (χ2v) is 3.99. The van der Waals surface area contributed by atoms with Crippen molar-refractivity contribution in [1.82, 2.24) is 0 Å². The number of rotatable bonds is 1. The Bertz CT molecular complexity index is 291. The molecule has 0 heterocycles. The standard InChI is InChI=1S/C7H7O.C5H10O2.Zn/c1-8-7-5-3-2-4-6-7;1-5(2,3)4(6)7;/h3-6H,1H3;1-3H3,(H,6,7);/q-1;;. The summed E-state index contributed by atoms with van der Waals surface area (Å²) in [6.45, 7) is 4.99. The van der Waals surface area contributed by atoms with Crippen molar-refractivity contribution >= 4 is 5.97 Å². The molecule has 0 fully saturated rings. The molecule has 0 aliphatic rings. The maximum Gasteiger partial charge on any atom is 0.308 e. The normalized spacial score (nSPS) is 9.25. The van der Waals surface area contributed by atoms with Crippen LogP contribution >= 0.6 is 0 Å². The van der Waals surface area contributed by atoms with Gasteiger partial charge in [0.2, 0.25) is 0 Å². The van der Waals surface area contributed by atoms with Crippen LogP contribution in [0.25, 0.3) is 0 Å². The largest absolute Gasteiger partial charge is 0.522 e. The molecule has 1 rings (SSSR count). The van der Waals surface area contributed by atoms with Gasteiger partial charge in [-0.3, -0.25) is 4.79 Å². The number of carboxylic acids is 1. The second kappa shape index (κ2) is 8.29. The van der Waals surface area contributed by atoms with Gasteiger partial charge in [-0.05, 0) is 20.8 Å². The van der Waals surface area contributed by atoms with Gasteiger partial charge in [-0.25, -0.2) is 0 Å². The molecule has 0 unspecified atom stereocenters. The Labute approximate surface area is 110 Å². The van der Waals surface area contributed by atoms with Crippen LogP contribution in [0, 0.1) is 11.5 Å². The van der Waals surface area contributed by atoms with E-state index in [9.17, 15) is 4.79 Å². The monoisotopic (exact) mass is 273 g/mol. The molecule has 0 amide bonds. The smallest absolute Gasteiger partial charge is 0.308 e. The Morgan fingerprint density at radius 2 is 1.69 bits per heavy atom. The van der Waals surface area contributed by atoms with Crippen LogP contribution < -0.4 is 4.74 Å². The summed E-state index contributed by atoms with van der Waals surface area (Å²) in [7, 11) is 1.65. The van der Waals surface area contributed by atoms with Gasteiger partial charge in [-0.1, -0.05) is 0 Å². The molecule has 1 aromatic carbocycles. The van der Waals surface area contributed by atoms with Crippen molar-refractivity contribution < 1.29 is 34.1 Å². The zero-order chi connectivity index (χ0) is 11.9. The fraction of sp³-hybridized carbons (Fsp3) is 0.417. The van der Waals surface area contributed by atoms with Crippen LogP contribution in [0.4, 0.5) is 0 Å². The van der Waals surface area contributed by atoms with Crippen LogP contribution in [0.1, 0.15) is 20.8 Å². The Balaban J connectivity index is 0. The summed E-state index contributed by atoms with van der Waals surface area (Å²) >= 11 is 0. The zero-order valence-corrected chi connectivity index (χ0v) is 13.2. The van der Waals surface area contributed by atoms with Gasteiger partial charge in [0.05, 0.1) is 12.5 Å². The molecule has 0 aliphatic heterocycles. The van der Waals surface area contributed by atoms with E-state index in [2.05, 4.69) is 6.07 Å². The number of aliphatic carboxylic acids is 1. The van der Waals surface area contributed by atoms with E-state index in [4.69, 9.17) is 9.84 Å². The minimum atomic E-state index is -0.757. The van der Waals surface area contributed by atoms with E-state index in [0.717, 1.165) is 5.75 Å². The zero-order valence-electron chi connectivity index (χ0n) is 10.3. The second-order valence-electron chi connectivity index (χ2n) is 3.99. The van der Waals surface area contributed by atoms with Crippen LogP contribution in [-0.4, -0.2) is 18.2 Å². The summed E-state index contributed by atoms with van der Waals surface area (Å²) in [5.74, 6) is 0.122. The summed E-state index contributed by atoms with van der Waals surface area (Å²) in [6, 6.07) is 10.2. The van der Waals surface area contributed by atoms with Gasteiger partial charge in [0.15, 0.2) is 0 Å². The van der Waals surface area contributed by atoms with Crippen LogP contribution in [0.3, 0.4) is 0 Å². The number of benzene rings is 1. The predicted molar refractivity (Wildman–Crippen MR) is 58.9 cm³/mol. The van der Waals surface area contributed by atoms with Crippen molar-refractivity contribution in [2.45, 2.75) is 20.8 Å². The molecule has 0 bridgehead atoms. The maximum atomic E-state index is 10.0. The van der Waals surface area contributed by atoms with Crippen molar-refractivity contribution in [3.05, 3.63) is 30.3 Å². The molecule has 0 saturated carbocycles. The topological polar surface area (TPSA) is 46.5 Å². The first-order valence-corrected chi connectivity index (χ1v) is 4.61. The summed E-state index contributed by atoms with van der Waals surface area (Å²) in [5, 5.41) is 8.25. The third-order valence-electron chi connectivity index (χ3n) is 1.56. The minimum Gasteiger partial charge on any atom is -0.522 e. The molecule has 0 radical (unpaired) electrons. The minimum absolute atomic E-state index is 0. The van der Waals surface area contributed by atoms with E-state index < -0.39 is 11.4 Å². The van der Waals surface area contributed by atoms with Gasteiger partial charge in [0.1, 0.15) is 0 Å². The Kier molecular flexibility index (Phi) is 9.07. The van der Waals surface area contributed by atoms with E-state index in [0.29, 0.717) is 0 Å². The van der Waals surface area contributed by atoms with E-state index in [-0.39, 0.29) is 19.5 Å². The molecular weight excluding hydrogens is 258 g/mol. The number of hydrogen-bond acceptors (Lipinski definition) is 2. The van der Waals surface area contributed by atoms with E-state index >= 15 is 0 Å². The molecule has 86 valence electrons. The quantitative estimate of drug-likeness (QED) is 0.632. The fourth-order valence-corrected chi connectivity index (χ4v) is 0.508. The molecule has 0 atom stereocenters. The van der Waals surface area contributed by atoms with Gasteiger partial charge >= 0.3 is 5.97 Å². The van der Waals surface area contributed by atoms with Crippen molar-refractivity contribution in [2.24, 2.45) is 5.41 Å². The third kappa shape index (κ3) is 8.42. The SMILES string of the molecule is CC(C)(C)C(=O)O.COc1cc[c-]cc1.[Zn]. The van der Waals surface area contributed by atoms with E-state index in [1.807, 2.05) is 24.3 Å². The maximum absolute atomic E-state index is 10.0. The van der Waals surface area contributed by atoms with Crippen LogP contribution in [0.5, 0.6) is 5.75 Å². The summed E-state index contributed by atoms with van der Waals surface area (Å²) in [4.78, 5) is 10.0. The van der Waals surface area contributed by atoms with E-state index in [1.165, 1.54) is 0 Å². The third-order valence-corrected chi connectivity index (χ3v) is 1.56. The molecular formula is C12H17O3Zn-. The first-order chi connectivity index (χ1) is 6.88. The first kappa shape index (κ1) is 17.5. The van der Waals surface area contributed by atoms with Gasteiger partial charge in [0, 0.05) is 25.2 Å². The van der Waals surface area contributed by atoms with Crippen molar-refractivity contribution in [3.8, 4) is 5.75 Å².